The number of methoxy groups -OCH3 is 1. The molecule has 0 fully saturated rings. The third-order valence-electron chi connectivity index (χ3n) is 3.56. The number of ether oxygens (including phenoxy) is 2. The second kappa shape index (κ2) is 6.16. The predicted octanol–water partition coefficient (Wildman–Crippen LogP) is 4.92. The summed E-state index contributed by atoms with van der Waals surface area (Å²) < 4.78 is 55.2. The molecule has 4 nitrogen and oxygen atoms in total. The van der Waals surface area contributed by atoms with E-state index in [1.54, 1.807) is 12.1 Å². The zero-order valence-corrected chi connectivity index (χ0v) is 13.3. The number of hydrogen-bond donors (Lipinski definition) is 0. The summed E-state index contributed by atoms with van der Waals surface area (Å²) in [5.74, 6) is -2.00. The van der Waals surface area contributed by atoms with Gasteiger partial charge in [0.2, 0.25) is 11.2 Å². The van der Waals surface area contributed by atoms with Gasteiger partial charge in [0.15, 0.2) is 0 Å². The van der Waals surface area contributed by atoms with E-state index in [0.29, 0.717) is 0 Å². The van der Waals surface area contributed by atoms with Crippen LogP contribution in [0.2, 0.25) is 0 Å². The molecule has 0 aliphatic heterocycles. The molecule has 0 unspecified atom stereocenters. The van der Waals surface area contributed by atoms with E-state index in [-0.39, 0.29) is 22.5 Å². The molecular formula is C18H13F3O4. The first kappa shape index (κ1) is 16.9. The van der Waals surface area contributed by atoms with E-state index in [0.717, 1.165) is 5.56 Å². The molecule has 3 rings (SSSR count). The zero-order valence-electron chi connectivity index (χ0n) is 13.3. The van der Waals surface area contributed by atoms with Crippen LogP contribution in [0.15, 0.2) is 51.7 Å². The molecule has 0 aliphatic rings. The van der Waals surface area contributed by atoms with E-state index in [1.165, 1.54) is 37.4 Å². The van der Waals surface area contributed by atoms with Crippen LogP contribution in [0.25, 0.3) is 11.0 Å². The molecule has 0 saturated carbocycles. The summed E-state index contributed by atoms with van der Waals surface area (Å²) in [5, 5.41) is -0.0316. The molecule has 0 radical (unpaired) electrons. The van der Waals surface area contributed by atoms with Gasteiger partial charge in [0.25, 0.3) is 5.76 Å². The second-order valence-electron chi connectivity index (χ2n) is 5.36. The third kappa shape index (κ3) is 3.31. The first-order valence-electron chi connectivity index (χ1n) is 7.26. The Morgan fingerprint density at radius 1 is 1.00 bits per heavy atom. The summed E-state index contributed by atoms with van der Waals surface area (Å²) >= 11 is 0. The fourth-order valence-corrected chi connectivity index (χ4v) is 2.29. The van der Waals surface area contributed by atoms with Crippen molar-refractivity contribution in [1.29, 1.82) is 0 Å². The summed E-state index contributed by atoms with van der Waals surface area (Å²) in [6, 6.07) is 10.3. The number of benzene rings is 2. The van der Waals surface area contributed by atoms with Crippen molar-refractivity contribution in [3.8, 4) is 17.2 Å². The van der Waals surface area contributed by atoms with E-state index < -0.39 is 23.1 Å². The lowest BCUT2D eigenvalue weighted by Gasteiger charge is -2.13. The number of aryl methyl sites for hydroxylation is 1. The number of hydrogen-bond acceptors (Lipinski definition) is 4. The lowest BCUT2D eigenvalue weighted by Crippen LogP contribution is -2.15. The molecule has 25 heavy (non-hydrogen) atoms. The second-order valence-corrected chi connectivity index (χ2v) is 5.36. The van der Waals surface area contributed by atoms with Gasteiger partial charge in [-0.2, -0.15) is 13.2 Å². The molecule has 3 aromatic rings. The van der Waals surface area contributed by atoms with Crippen molar-refractivity contribution in [3.63, 3.8) is 0 Å². The normalized spacial score (nSPS) is 11.6. The van der Waals surface area contributed by atoms with Crippen LogP contribution in [0.3, 0.4) is 0 Å². The fraction of sp³-hybridized carbons (Fsp3) is 0.167. The Bertz CT molecular complexity index is 973. The van der Waals surface area contributed by atoms with Crippen LogP contribution in [0.5, 0.6) is 17.2 Å². The summed E-state index contributed by atoms with van der Waals surface area (Å²) in [4.78, 5) is 12.5. The van der Waals surface area contributed by atoms with Crippen molar-refractivity contribution in [2.45, 2.75) is 13.1 Å². The summed E-state index contributed by atoms with van der Waals surface area (Å²) in [6.07, 6.45) is -4.89. The minimum Gasteiger partial charge on any atom is -0.497 e. The van der Waals surface area contributed by atoms with Crippen LogP contribution in [-0.2, 0) is 6.18 Å². The molecule has 0 aliphatic carbocycles. The molecule has 2 aromatic carbocycles. The Kier molecular flexibility index (Phi) is 4.16. The SMILES string of the molecule is COc1ccc2c(=O)c(Oc3ccc(C)cc3)c(C(F)(F)F)oc2c1. The molecule has 0 bridgehead atoms. The van der Waals surface area contributed by atoms with Crippen molar-refractivity contribution in [3.05, 3.63) is 64.0 Å². The van der Waals surface area contributed by atoms with Gasteiger partial charge in [-0.15, -0.1) is 0 Å². The maximum atomic E-state index is 13.4. The van der Waals surface area contributed by atoms with Gasteiger partial charge in [-0.1, -0.05) is 17.7 Å². The van der Waals surface area contributed by atoms with Crippen molar-refractivity contribution >= 4 is 11.0 Å². The highest BCUT2D eigenvalue weighted by Gasteiger charge is 2.40. The Morgan fingerprint density at radius 3 is 2.24 bits per heavy atom. The fourth-order valence-electron chi connectivity index (χ4n) is 2.29. The molecule has 0 atom stereocenters. The van der Waals surface area contributed by atoms with E-state index in [4.69, 9.17) is 13.9 Å². The van der Waals surface area contributed by atoms with Crippen molar-refractivity contribution in [1.82, 2.24) is 0 Å². The molecule has 0 amide bonds. The minimum absolute atomic E-state index is 0.0316. The van der Waals surface area contributed by atoms with Gasteiger partial charge in [0.1, 0.15) is 17.1 Å². The van der Waals surface area contributed by atoms with Crippen LogP contribution in [0.4, 0.5) is 13.2 Å². The molecule has 0 N–H and O–H groups in total. The highest BCUT2D eigenvalue weighted by atomic mass is 19.4. The van der Waals surface area contributed by atoms with E-state index in [2.05, 4.69) is 0 Å². The monoisotopic (exact) mass is 350 g/mol. The van der Waals surface area contributed by atoms with Gasteiger partial charge >= 0.3 is 6.18 Å². The van der Waals surface area contributed by atoms with Crippen molar-refractivity contribution < 1.29 is 27.1 Å². The molecule has 0 spiro atoms. The molecular weight excluding hydrogens is 337 g/mol. The van der Waals surface area contributed by atoms with Gasteiger partial charge in [0.05, 0.1) is 12.5 Å². The van der Waals surface area contributed by atoms with Crippen LogP contribution < -0.4 is 14.9 Å². The summed E-state index contributed by atoms with van der Waals surface area (Å²) in [6.45, 7) is 1.82. The van der Waals surface area contributed by atoms with Crippen LogP contribution in [0.1, 0.15) is 11.3 Å². The van der Waals surface area contributed by atoms with Gasteiger partial charge < -0.3 is 13.9 Å². The molecule has 1 aromatic heterocycles. The lowest BCUT2D eigenvalue weighted by atomic mass is 10.2. The molecule has 1 heterocycles. The van der Waals surface area contributed by atoms with Crippen LogP contribution in [-0.4, -0.2) is 7.11 Å². The maximum Gasteiger partial charge on any atom is 0.453 e. The predicted molar refractivity (Wildman–Crippen MR) is 85.3 cm³/mol. The molecule has 130 valence electrons. The Morgan fingerprint density at radius 2 is 1.64 bits per heavy atom. The van der Waals surface area contributed by atoms with E-state index in [1.807, 2.05) is 6.92 Å². The highest BCUT2D eigenvalue weighted by molar-refractivity contribution is 5.79. The first-order valence-corrected chi connectivity index (χ1v) is 7.26. The average Bonchev–Trinajstić information content (AvgIpc) is 2.57. The van der Waals surface area contributed by atoms with Crippen molar-refractivity contribution in [2.24, 2.45) is 0 Å². The maximum absolute atomic E-state index is 13.4. The molecule has 7 heteroatoms. The first-order chi connectivity index (χ1) is 11.8. The molecule has 0 saturated heterocycles. The van der Waals surface area contributed by atoms with E-state index in [9.17, 15) is 18.0 Å². The summed E-state index contributed by atoms with van der Waals surface area (Å²) in [7, 11) is 1.36. The van der Waals surface area contributed by atoms with Crippen LogP contribution in [0, 0.1) is 6.92 Å². The number of fused-ring (bicyclic) bond motifs is 1. The van der Waals surface area contributed by atoms with Crippen LogP contribution >= 0.6 is 0 Å². The largest absolute Gasteiger partial charge is 0.497 e. The number of halogens is 3. The van der Waals surface area contributed by atoms with Gasteiger partial charge in [0, 0.05) is 6.07 Å². The Labute approximate surface area is 140 Å². The third-order valence-corrected chi connectivity index (χ3v) is 3.56. The van der Waals surface area contributed by atoms with Gasteiger partial charge in [-0.3, -0.25) is 4.79 Å². The minimum atomic E-state index is -4.89. The highest BCUT2D eigenvalue weighted by Crippen LogP contribution is 2.38. The average molecular weight is 350 g/mol. The van der Waals surface area contributed by atoms with Gasteiger partial charge in [-0.25, -0.2) is 0 Å². The number of rotatable bonds is 3. The quantitative estimate of drug-likeness (QED) is 0.673. The lowest BCUT2D eigenvalue weighted by molar-refractivity contribution is -0.154. The standard InChI is InChI=1S/C18H13F3O4/c1-10-3-5-11(6-4-10)24-16-15(22)13-8-7-12(23-2)9-14(13)25-17(16)18(19,20)21/h3-9H,1-2H3. The number of alkyl halides is 3. The smallest absolute Gasteiger partial charge is 0.453 e. The zero-order chi connectivity index (χ0) is 18.2. The topological polar surface area (TPSA) is 48.7 Å². The Hall–Kier alpha value is -2.96. The summed E-state index contributed by atoms with van der Waals surface area (Å²) in [5.41, 5.74) is -0.231. The van der Waals surface area contributed by atoms with Gasteiger partial charge in [-0.05, 0) is 31.2 Å². The van der Waals surface area contributed by atoms with E-state index >= 15 is 0 Å². The Balaban J connectivity index is 2.23. The van der Waals surface area contributed by atoms with Crippen molar-refractivity contribution in [2.75, 3.05) is 7.11 Å².